The summed E-state index contributed by atoms with van der Waals surface area (Å²) in [5, 5.41) is 11.1. The number of rotatable bonds is 4. The van der Waals surface area contributed by atoms with Crippen LogP contribution in [0.3, 0.4) is 0 Å². The van der Waals surface area contributed by atoms with Gasteiger partial charge in [0.05, 0.1) is 12.6 Å². The average Bonchev–Trinajstić information content (AvgIpc) is 3.18. The van der Waals surface area contributed by atoms with Crippen LogP contribution in [0, 0.1) is 6.92 Å². The Morgan fingerprint density at radius 2 is 2.00 bits per heavy atom. The van der Waals surface area contributed by atoms with Crippen molar-refractivity contribution >= 4 is 46.5 Å². The van der Waals surface area contributed by atoms with Gasteiger partial charge in [-0.1, -0.05) is 41.4 Å². The topological polar surface area (TPSA) is 76.0 Å². The molecule has 0 aliphatic carbocycles. The average molecular weight is 415 g/mol. The molecule has 2 N–H and O–H groups in total. The number of benzene rings is 2. The Kier molecular flexibility index (Phi) is 4.83. The van der Waals surface area contributed by atoms with E-state index in [-0.39, 0.29) is 18.2 Å². The fourth-order valence-corrected chi connectivity index (χ4v) is 3.55. The maximum absolute atomic E-state index is 12.5. The van der Waals surface area contributed by atoms with Crippen LogP contribution in [0.2, 0.25) is 10.0 Å². The molecule has 1 unspecified atom stereocenters. The largest absolute Gasteiger partial charge is 0.326 e. The molecule has 0 radical (unpaired) electrons. The molecule has 1 aliphatic rings. The number of hydrogen-bond donors (Lipinski definition) is 2. The summed E-state index contributed by atoms with van der Waals surface area (Å²) in [5.74, 6) is -0.00785. The van der Waals surface area contributed by atoms with Gasteiger partial charge in [0.15, 0.2) is 0 Å². The number of anilines is 2. The second-order valence-corrected chi connectivity index (χ2v) is 7.45. The van der Waals surface area contributed by atoms with Crippen molar-refractivity contribution in [3.05, 3.63) is 64.3 Å². The summed E-state index contributed by atoms with van der Waals surface area (Å²) in [6.45, 7) is 1.87. The van der Waals surface area contributed by atoms with Crippen LogP contribution in [0.5, 0.6) is 0 Å². The van der Waals surface area contributed by atoms with Crippen molar-refractivity contribution in [1.29, 1.82) is 0 Å². The number of nitrogens with one attached hydrogen (secondary N) is 2. The normalized spacial score (nSPS) is 15.2. The van der Waals surface area contributed by atoms with E-state index in [4.69, 9.17) is 23.2 Å². The molecule has 3 aromatic rings. The molecule has 28 heavy (non-hydrogen) atoms. The van der Waals surface area contributed by atoms with Gasteiger partial charge in [-0.15, -0.1) is 0 Å². The first-order valence-corrected chi connectivity index (χ1v) is 9.38. The highest BCUT2D eigenvalue weighted by Gasteiger charge is 2.35. The van der Waals surface area contributed by atoms with Crippen LogP contribution in [0.15, 0.2) is 48.7 Å². The van der Waals surface area contributed by atoms with E-state index >= 15 is 0 Å². The first-order valence-electron chi connectivity index (χ1n) is 8.62. The van der Waals surface area contributed by atoms with E-state index < -0.39 is 6.04 Å². The molecule has 0 spiro atoms. The van der Waals surface area contributed by atoms with Crippen molar-refractivity contribution in [2.24, 2.45) is 0 Å². The number of carbonyl (C=O) groups is 2. The molecule has 8 heteroatoms. The second kappa shape index (κ2) is 7.30. The highest BCUT2D eigenvalue weighted by molar-refractivity contribution is 6.31. The zero-order valence-corrected chi connectivity index (χ0v) is 16.4. The summed E-state index contributed by atoms with van der Waals surface area (Å²) in [5.41, 5.74) is 3.10. The van der Waals surface area contributed by atoms with Gasteiger partial charge in [-0.3, -0.25) is 9.59 Å². The predicted octanol–water partition coefficient (Wildman–Crippen LogP) is 4.69. The Bertz CT molecular complexity index is 1090. The first-order chi connectivity index (χ1) is 13.4. The molecule has 142 valence electrons. The van der Waals surface area contributed by atoms with Crippen molar-refractivity contribution in [2.75, 3.05) is 10.6 Å². The van der Waals surface area contributed by atoms with Crippen LogP contribution in [-0.2, 0) is 9.59 Å². The monoisotopic (exact) mass is 414 g/mol. The van der Waals surface area contributed by atoms with Gasteiger partial charge in [0, 0.05) is 21.3 Å². The lowest BCUT2D eigenvalue weighted by atomic mass is 10.1. The standard InChI is InChI=1S/C20H16Cl2N4O2/c1-11-5-6-14(22)8-16(11)24-18(27)9-17-20(28)25-19-15(10-23-26(17)19)12-3-2-4-13(21)7-12/h2-8,10,17H,9H2,1H3,(H,24,27)(H,25,28). The molecule has 0 fully saturated rings. The predicted molar refractivity (Wildman–Crippen MR) is 110 cm³/mol. The second-order valence-electron chi connectivity index (χ2n) is 6.58. The number of carbonyl (C=O) groups excluding carboxylic acids is 2. The quantitative estimate of drug-likeness (QED) is 0.649. The number of halogens is 2. The third-order valence-electron chi connectivity index (χ3n) is 4.62. The van der Waals surface area contributed by atoms with Crippen molar-refractivity contribution in [1.82, 2.24) is 9.78 Å². The summed E-state index contributed by atoms with van der Waals surface area (Å²) in [7, 11) is 0. The summed E-state index contributed by atoms with van der Waals surface area (Å²) in [6.07, 6.45) is 1.62. The van der Waals surface area contributed by atoms with E-state index in [1.165, 1.54) is 0 Å². The third-order valence-corrected chi connectivity index (χ3v) is 5.09. The number of aromatic nitrogens is 2. The van der Waals surface area contributed by atoms with Crippen LogP contribution < -0.4 is 10.6 Å². The van der Waals surface area contributed by atoms with Crippen LogP contribution in [0.25, 0.3) is 11.1 Å². The van der Waals surface area contributed by atoms with Crippen molar-refractivity contribution in [3.63, 3.8) is 0 Å². The zero-order chi connectivity index (χ0) is 19.8. The number of amides is 2. The molecule has 4 rings (SSSR count). The Balaban J connectivity index is 1.55. The first kappa shape index (κ1) is 18.5. The minimum absolute atomic E-state index is 0.0402. The van der Waals surface area contributed by atoms with E-state index in [9.17, 15) is 9.59 Å². The molecule has 0 saturated heterocycles. The number of aryl methyl sites for hydroxylation is 1. The molecule has 6 nitrogen and oxygen atoms in total. The number of fused-ring (bicyclic) bond motifs is 1. The summed E-state index contributed by atoms with van der Waals surface area (Å²) < 4.78 is 1.54. The highest BCUT2D eigenvalue weighted by Crippen LogP contribution is 2.36. The maximum Gasteiger partial charge on any atom is 0.251 e. The lowest BCUT2D eigenvalue weighted by Gasteiger charge is -2.11. The molecule has 0 bridgehead atoms. The summed E-state index contributed by atoms with van der Waals surface area (Å²) >= 11 is 12.1. The molecular weight excluding hydrogens is 399 g/mol. The molecule has 1 atom stereocenters. The van der Waals surface area contributed by atoms with Crippen LogP contribution in [-0.4, -0.2) is 21.6 Å². The van der Waals surface area contributed by atoms with Crippen molar-refractivity contribution < 1.29 is 9.59 Å². The smallest absolute Gasteiger partial charge is 0.251 e. The fourth-order valence-electron chi connectivity index (χ4n) is 3.19. The Hall–Kier alpha value is -2.83. The summed E-state index contributed by atoms with van der Waals surface area (Å²) in [6, 6.07) is 11.8. The van der Waals surface area contributed by atoms with Gasteiger partial charge >= 0.3 is 0 Å². The van der Waals surface area contributed by atoms with Gasteiger partial charge in [0.25, 0.3) is 5.91 Å². The molecule has 1 aliphatic heterocycles. The van der Waals surface area contributed by atoms with Gasteiger partial charge in [0.1, 0.15) is 11.9 Å². The third kappa shape index (κ3) is 3.48. The van der Waals surface area contributed by atoms with Gasteiger partial charge < -0.3 is 10.6 Å². The van der Waals surface area contributed by atoms with E-state index in [0.717, 1.165) is 16.7 Å². The van der Waals surface area contributed by atoms with Gasteiger partial charge in [-0.05, 0) is 42.3 Å². The lowest BCUT2D eigenvalue weighted by molar-refractivity contribution is -0.123. The van der Waals surface area contributed by atoms with E-state index in [1.54, 1.807) is 35.1 Å². The lowest BCUT2D eigenvalue weighted by Crippen LogP contribution is -2.23. The van der Waals surface area contributed by atoms with E-state index in [2.05, 4.69) is 15.7 Å². The van der Waals surface area contributed by atoms with Crippen molar-refractivity contribution in [3.8, 4) is 11.1 Å². The maximum atomic E-state index is 12.5. The Morgan fingerprint density at radius 3 is 2.79 bits per heavy atom. The molecular formula is C20H16Cl2N4O2. The molecule has 2 heterocycles. The highest BCUT2D eigenvalue weighted by atomic mass is 35.5. The zero-order valence-electron chi connectivity index (χ0n) is 14.9. The Morgan fingerprint density at radius 1 is 1.21 bits per heavy atom. The van der Waals surface area contributed by atoms with Crippen LogP contribution in [0.4, 0.5) is 11.5 Å². The SMILES string of the molecule is Cc1ccc(Cl)cc1NC(=O)CC1C(=O)Nc2c(-c3cccc(Cl)c3)cnn21. The fraction of sp³-hybridized carbons (Fsp3) is 0.150. The van der Waals surface area contributed by atoms with Gasteiger partial charge in [-0.25, -0.2) is 4.68 Å². The minimum atomic E-state index is -0.720. The van der Waals surface area contributed by atoms with Crippen LogP contribution in [0.1, 0.15) is 18.0 Å². The number of nitrogens with zero attached hydrogens (tertiary/aromatic N) is 2. The molecule has 1 aromatic heterocycles. The van der Waals surface area contributed by atoms with E-state index in [1.807, 2.05) is 25.1 Å². The molecule has 2 amide bonds. The molecule has 2 aromatic carbocycles. The van der Waals surface area contributed by atoms with Gasteiger partial charge in [-0.2, -0.15) is 5.10 Å². The minimum Gasteiger partial charge on any atom is -0.326 e. The van der Waals surface area contributed by atoms with Crippen molar-refractivity contribution in [2.45, 2.75) is 19.4 Å². The van der Waals surface area contributed by atoms with Crippen LogP contribution >= 0.6 is 23.2 Å². The number of hydrogen-bond acceptors (Lipinski definition) is 3. The van der Waals surface area contributed by atoms with Gasteiger partial charge in [0.2, 0.25) is 5.91 Å². The Labute approximate surface area is 171 Å². The molecule has 0 saturated carbocycles. The van der Waals surface area contributed by atoms with E-state index in [0.29, 0.717) is 21.6 Å². The summed E-state index contributed by atoms with van der Waals surface area (Å²) in [4.78, 5) is 25.0.